The average Bonchev–Trinajstić information content (AvgIpc) is 3.42. The summed E-state index contributed by atoms with van der Waals surface area (Å²) in [6, 6.07) is 11.5. The van der Waals surface area contributed by atoms with E-state index in [0.717, 1.165) is 17.3 Å². The second-order valence-corrected chi connectivity index (χ2v) is 8.85. The third kappa shape index (κ3) is 4.63. The zero-order valence-corrected chi connectivity index (χ0v) is 20.1. The van der Waals surface area contributed by atoms with Gasteiger partial charge in [0.25, 0.3) is 11.7 Å². The van der Waals surface area contributed by atoms with Crippen LogP contribution in [-0.4, -0.2) is 54.7 Å². The van der Waals surface area contributed by atoms with Gasteiger partial charge >= 0.3 is 0 Å². The van der Waals surface area contributed by atoms with Crippen molar-refractivity contribution >= 4 is 33.4 Å². The quantitative estimate of drug-likeness (QED) is 0.333. The number of Topliss-reactive ketones (excluding diaryl/α,β-unsaturated/α-hetero) is 1. The lowest BCUT2D eigenvalue weighted by atomic mass is 9.95. The standard InChI is InChI=1S/C25H26BrNO6/c1-3-32-19-11-8-16(13-20(19)31-2)22-21(23(28)15-6-9-17(26)10-7-15)24(29)25(30)27(22)14-18-5-4-12-33-18/h6-11,13,18,22,28H,3-5,12,14H2,1-2H3/b23-21-. The number of hydrogen-bond acceptors (Lipinski definition) is 6. The summed E-state index contributed by atoms with van der Waals surface area (Å²) in [6.45, 7) is 3.25. The second kappa shape index (κ2) is 9.97. The Balaban J connectivity index is 1.83. The SMILES string of the molecule is CCOc1ccc(C2/C(=C(/O)c3ccc(Br)cc3)C(=O)C(=O)N2CC2CCCO2)cc1OC. The molecule has 0 radical (unpaired) electrons. The van der Waals surface area contributed by atoms with E-state index in [2.05, 4.69) is 15.9 Å². The summed E-state index contributed by atoms with van der Waals surface area (Å²) < 4.78 is 17.7. The van der Waals surface area contributed by atoms with Gasteiger partial charge in [-0.1, -0.05) is 34.1 Å². The summed E-state index contributed by atoms with van der Waals surface area (Å²) >= 11 is 3.38. The van der Waals surface area contributed by atoms with Gasteiger partial charge in [0, 0.05) is 23.2 Å². The van der Waals surface area contributed by atoms with E-state index in [-0.39, 0.29) is 24.0 Å². The van der Waals surface area contributed by atoms with Gasteiger partial charge in [-0.3, -0.25) is 9.59 Å². The summed E-state index contributed by atoms with van der Waals surface area (Å²) in [6.07, 6.45) is 1.58. The molecule has 2 aliphatic rings. The number of aliphatic hydroxyl groups excluding tert-OH is 1. The molecule has 2 saturated heterocycles. The van der Waals surface area contributed by atoms with Crippen LogP contribution < -0.4 is 9.47 Å². The maximum absolute atomic E-state index is 13.2. The number of nitrogens with zero attached hydrogens (tertiary/aromatic N) is 1. The smallest absolute Gasteiger partial charge is 0.295 e. The van der Waals surface area contributed by atoms with Crippen LogP contribution in [0.3, 0.4) is 0 Å². The van der Waals surface area contributed by atoms with Crippen molar-refractivity contribution in [3.05, 3.63) is 63.6 Å². The van der Waals surface area contributed by atoms with Crippen LogP contribution in [0, 0.1) is 0 Å². The Kier molecular flexibility index (Phi) is 7.05. The Labute approximate surface area is 201 Å². The average molecular weight is 516 g/mol. The highest BCUT2D eigenvalue weighted by Crippen LogP contribution is 2.42. The van der Waals surface area contributed by atoms with Crippen molar-refractivity contribution in [3.8, 4) is 11.5 Å². The number of rotatable bonds is 7. The molecule has 0 bridgehead atoms. The van der Waals surface area contributed by atoms with Gasteiger partial charge in [0.15, 0.2) is 11.5 Å². The summed E-state index contributed by atoms with van der Waals surface area (Å²) in [5.41, 5.74) is 1.15. The molecule has 2 aromatic rings. The fourth-order valence-electron chi connectivity index (χ4n) is 4.31. The normalized spacial score (nSPS) is 22.1. The molecule has 4 rings (SSSR count). The molecule has 2 aromatic carbocycles. The predicted molar refractivity (Wildman–Crippen MR) is 126 cm³/mol. The number of carbonyl (C=O) groups excluding carboxylic acids is 2. The Hall–Kier alpha value is -2.84. The molecule has 1 N–H and O–H groups in total. The van der Waals surface area contributed by atoms with Crippen LogP contribution >= 0.6 is 15.9 Å². The molecule has 2 aliphatic heterocycles. The lowest BCUT2D eigenvalue weighted by Crippen LogP contribution is -2.36. The molecule has 0 aromatic heterocycles. The summed E-state index contributed by atoms with van der Waals surface area (Å²) in [7, 11) is 1.53. The minimum atomic E-state index is -0.776. The van der Waals surface area contributed by atoms with Crippen molar-refractivity contribution in [3.63, 3.8) is 0 Å². The Morgan fingerprint density at radius 1 is 1.18 bits per heavy atom. The summed E-state index contributed by atoms with van der Waals surface area (Å²) in [5.74, 6) is -0.532. The summed E-state index contributed by atoms with van der Waals surface area (Å²) in [4.78, 5) is 27.8. The van der Waals surface area contributed by atoms with Crippen molar-refractivity contribution in [1.29, 1.82) is 0 Å². The van der Waals surface area contributed by atoms with E-state index in [1.54, 1.807) is 42.5 Å². The highest BCUT2D eigenvalue weighted by molar-refractivity contribution is 9.10. The number of likely N-dealkylation sites (tertiary alicyclic amines) is 1. The molecule has 0 aliphatic carbocycles. The highest BCUT2D eigenvalue weighted by Gasteiger charge is 2.47. The molecule has 2 unspecified atom stereocenters. The van der Waals surface area contributed by atoms with Gasteiger partial charge in [-0.25, -0.2) is 0 Å². The van der Waals surface area contributed by atoms with Gasteiger partial charge in [-0.15, -0.1) is 0 Å². The van der Waals surface area contributed by atoms with E-state index < -0.39 is 17.7 Å². The third-order valence-electron chi connectivity index (χ3n) is 5.89. The van der Waals surface area contributed by atoms with Crippen LogP contribution in [0.2, 0.25) is 0 Å². The Morgan fingerprint density at radius 2 is 1.94 bits per heavy atom. The zero-order chi connectivity index (χ0) is 23.5. The van der Waals surface area contributed by atoms with Crippen molar-refractivity contribution in [1.82, 2.24) is 4.90 Å². The minimum absolute atomic E-state index is 0.0477. The first-order valence-electron chi connectivity index (χ1n) is 10.9. The number of ketones is 1. The predicted octanol–water partition coefficient (Wildman–Crippen LogP) is 4.46. The number of hydrogen-bond donors (Lipinski definition) is 1. The lowest BCUT2D eigenvalue weighted by Gasteiger charge is -2.28. The van der Waals surface area contributed by atoms with Crippen LogP contribution in [0.4, 0.5) is 0 Å². The molecule has 33 heavy (non-hydrogen) atoms. The highest BCUT2D eigenvalue weighted by atomic mass is 79.9. The van der Waals surface area contributed by atoms with E-state index >= 15 is 0 Å². The topological polar surface area (TPSA) is 85.3 Å². The molecule has 8 heteroatoms. The third-order valence-corrected chi connectivity index (χ3v) is 6.41. The van der Waals surface area contributed by atoms with E-state index in [4.69, 9.17) is 14.2 Å². The van der Waals surface area contributed by atoms with Gasteiger partial charge in [0.05, 0.1) is 31.4 Å². The molecule has 7 nitrogen and oxygen atoms in total. The number of methoxy groups -OCH3 is 1. The lowest BCUT2D eigenvalue weighted by molar-refractivity contribution is -0.140. The molecule has 0 saturated carbocycles. The maximum Gasteiger partial charge on any atom is 0.295 e. The second-order valence-electron chi connectivity index (χ2n) is 7.94. The van der Waals surface area contributed by atoms with E-state index in [9.17, 15) is 14.7 Å². The van der Waals surface area contributed by atoms with E-state index in [0.29, 0.717) is 35.8 Å². The van der Waals surface area contributed by atoms with Crippen molar-refractivity contribution in [2.45, 2.75) is 31.9 Å². The molecule has 2 atom stereocenters. The van der Waals surface area contributed by atoms with Gasteiger partial charge in [-0.05, 0) is 49.6 Å². The first kappa shape index (κ1) is 23.3. The van der Waals surface area contributed by atoms with Crippen molar-refractivity contribution < 1.29 is 28.9 Å². The number of benzene rings is 2. The van der Waals surface area contributed by atoms with Crippen LogP contribution in [0.1, 0.15) is 36.9 Å². The summed E-state index contributed by atoms with van der Waals surface area (Å²) in [5, 5.41) is 11.2. The van der Waals surface area contributed by atoms with Gasteiger partial charge < -0.3 is 24.2 Å². The molecule has 2 heterocycles. The van der Waals surface area contributed by atoms with Gasteiger partial charge in [0.1, 0.15) is 5.76 Å². The molecular weight excluding hydrogens is 490 g/mol. The van der Waals surface area contributed by atoms with Crippen molar-refractivity contribution in [2.24, 2.45) is 0 Å². The van der Waals surface area contributed by atoms with Gasteiger partial charge in [-0.2, -0.15) is 0 Å². The number of ether oxygens (including phenoxy) is 3. The Bertz CT molecular complexity index is 1070. The van der Waals surface area contributed by atoms with E-state index in [1.165, 1.54) is 12.0 Å². The molecule has 2 fully saturated rings. The Morgan fingerprint density at radius 3 is 2.58 bits per heavy atom. The van der Waals surface area contributed by atoms with Crippen LogP contribution in [0.5, 0.6) is 11.5 Å². The fourth-order valence-corrected chi connectivity index (χ4v) is 4.58. The number of aliphatic hydroxyl groups is 1. The first-order valence-corrected chi connectivity index (χ1v) is 11.7. The van der Waals surface area contributed by atoms with E-state index in [1.807, 2.05) is 6.92 Å². The molecule has 1 amide bonds. The maximum atomic E-state index is 13.2. The zero-order valence-electron chi connectivity index (χ0n) is 18.5. The monoisotopic (exact) mass is 515 g/mol. The van der Waals surface area contributed by atoms with Crippen LogP contribution in [0.25, 0.3) is 5.76 Å². The number of halogens is 1. The number of carbonyl (C=O) groups is 2. The molecule has 0 spiro atoms. The van der Waals surface area contributed by atoms with Crippen LogP contribution in [0.15, 0.2) is 52.5 Å². The minimum Gasteiger partial charge on any atom is -0.507 e. The van der Waals surface area contributed by atoms with Crippen molar-refractivity contribution in [2.75, 3.05) is 26.9 Å². The fraction of sp³-hybridized carbons (Fsp3) is 0.360. The largest absolute Gasteiger partial charge is 0.507 e. The van der Waals surface area contributed by atoms with Gasteiger partial charge in [0.2, 0.25) is 0 Å². The molecular formula is C25H26BrNO6. The first-order chi connectivity index (χ1) is 15.9. The van der Waals surface area contributed by atoms with Crippen LogP contribution in [-0.2, 0) is 14.3 Å². The number of amides is 1. The molecule has 174 valence electrons.